The molecular weight excluding hydrogens is 356 g/mol. The Kier molecular flexibility index (Phi) is 4.39. The molecule has 2 heterocycles. The van der Waals surface area contributed by atoms with Crippen molar-refractivity contribution in [2.45, 2.75) is 43.6 Å². The van der Waals surface area contributed by atoms with Crippen LogP contribution < -0.4 is 0 Å². The summed E-state index contributed by atoms with van der Waals surface area (Å²) in [5, 5.41) is 0.654. The molecule has 0 bridgehead atoms. The van der Waals surface area contributed by atoms with E-state index in [0.29, 0.717) is 24.5 Å². The second kappa shape index (κ2) is 6.58. The highest BCUT2D eigenvalue weighted by Gasteiger charge is 2.48. The Labute approximate surface area is 157 Å². The number of hydrogen-bond acceptors (Lipinski definition) is 4. The highest BCUT2D eigenvalue weighted by molar-refractivity contribution is 6.30. The van der Waals surface area contributed by atoms with Crippen LogP contribution in [0.3, 0.4) is 0 Å². The number of nitrogens with zero attached hydrogens (tertiary/aromatic N) is 2. The maximum Gasteiger partial charge on any atom is 0.417 e. The van der Waals surface area contributed by atoms with Crippen LogP contribution in [0.25, 0.3) is 0 Å². The summed E-state index contributed by atoms with van der Waals surface area (Å²) >= 11 is 6.01. The SMILES string of the molecule is O=C1COC(=O)N1[C@H]1CCN(C(=O)C2(c3ccc(Cl)cc3)CCCC2)C1. The van der Waals surface area contributed by atoms with E-state index in [2.05, 4.69) is 0 Å². The minimum atomic E-state index is -0.595. The van der Waals surface area contributed by atoms with Crippen LogP contribution in [0, 0.1) is 0 Å². The van der Waals surface area contributed by atoms with Gasteiger partial charge in [-0.1, -0.05) is 36.6 Å². The third kappa shape index (κ3) is 2.76. The van der Waals surface area contributed by atoms with Crippen LogP contribution in [0.4, 0.5) is 4.79 Å². The van der Waals surface area contributed by atoms with Gasteiger partial charge >= 0.3 is 6.09 Å². The van der Waals surface area contributed by atoms with E-state index in [9.17, 15) is 14.4 Å². The van der Waals surface area contributed by atoms with Crippen LogP contribution in [0.15, 0.2) is 24.3 Å². The van der Waals surface area contributed by atoms with Gasteiger partial charge in [0.15, 0.2) is 6.61 Å². The van der Waals surface area contributed by atoms with Crippen molar-refractivity contribution in [2.24, 2.45) is 0 Å². The molecular formula is C19H21ClN2O4. The van der Waals surface area contributed by atoms with Gasteiger partial charge in [0.05, 0.1) is 11.5 Å². The van der Waals surface area contributed by atoms with Crippen molar-refractivity contribution in [3.63, 3.8) is 0 Å². The Morgan fingerprint density at radius 1 is 1.15 bits per heavy atom. The predicted octanol–water partition coefficient (Wildman–Crippen LogP) is 2.73. The molecule has 138 valence electrons. The zero-order chi connectivity index (χ0) is 18.3. The van der Waals surface area contributed by atoms with Gasteiger partial charge in [-0.3, -0.25) is 9.59 Å². The summed E-state index contributed by atoms with van der Waals surface area (Å²) < 4.78 is 4.81. The number of cyclic esters (lactones) is 1. The molecule has 1 atom stereocenters. The number of carbonyl (C=O) groups is 3. The Morgan fingerprint density at radius 2 is 1.85 bits per heavy atom. The van der Waals surface area contributed by atoms with E-state index in [0.717, 1.165) is 31.2 Å². The van der Waals surface area contributed by atoms with Crippen molar-refractivity contribution < 1.29 is 19.1 Å². The quantitative estimate of drug-likeness (QED) is 0.813. The molecule has 1 aromatic carbocycles. The number of imide groups is 1. The van der Waals surface area contributed by atoms with E-state index >= 15 is 0 Å². The number of benzene rings is 1. The van der Waals surface area contributed by atoms with E-state index in [1.807, 2.05) is 29.2 Å². The average Bonchev–Trinajstić information content (AvgIpc) is 3.36. The van der Waals surface area contributed by atoms with Gasteiger partial charge < -0.3 is 9.64 Å². The minimum absolute atomic E-state index is 0.0971. The summed E-state index contributed by atoms with van der Waals surface area (Å²) in [6.45, 7) is 0.739. The fourth-order valence-electron chi connectivity index (χ4n) is 4.53. The first kappa shape index (κ1) is 17.3. The number of ether oxygens (including phenoxy) is 1. The Balaban J connectivity index is 1.55. The normalized spacial score (nSPS) is 25.0. The molecule has 3 amide bonds. The average molecular weight is 377 g/mol. The van der Waals surface area contributed by atoms with Crippen molar-refractivity contribution in [2.75, 3.05) is 19.7 Å². The lowest BCUT2D eigenvalue weighted by molar-refractivity contribution is -0.137. The molecule has 3 aliphatic rings. The largest absolute Gasteiger partial charge is 0.439 e. The van der Waals surface area contributed by atoms with Gasteiger partial charge in [-0.05, 0) is 37.0 Å². The molecule has 0 unspecified atom stereocenters. The van der Waals surface area contributed by atoms with Gasteiger partial charge in [-0.15, -0.1) is 0 Å². The van der Waals surface area contributed by atoms with Gasteiger partial charge in [0.25, 0.3) is 5.91 Å². The molecule has 0 spiro atoms. The maximum atomic E-state index is 13.5. The summed E-state index contributed by atoms with van der Waals surface area (Å²) in [7, 11) is 0. The standard InChI is InChI=1S/C19H21ClN2O4/c20-14-5-3-13(4-6-14)19(8-1-2-9-19)17(24)21-10-7-15(11-21)22-16(23)12-26-18(22)25/h3-6,15H,1-2,7-12H2/t15-/m0/s1. The summed E-state index contributed by atoms with van der Waals surface area (Å²) in [6, 6.07) is 7.26. The second-order valence-corrected chi connectivity index (χ2v) is 7.74. The number of rotatable bonds is 3. The molecule has 26 heavy (non-hydrogen) atoms. The van der Waals surface area contributed by atoms with Crippen LogP contribution >= 0.6 is 11.6 Å². The molecule has 2 aliphatic heterocycles. The monoisotopic (exact) mass is 376 g/mol. The van der Waals surface area contributed by atoms with Crippen molar-refractivity contribution >= 4 is 29.5 Å². The zero-order valence-corrected chi connectivity index (χ0v) is 15.2. The first-order valence-corrected chi connectivity index (χ1v) is 9.43. The highest BCUT2D eigenvalue weighted by atomic mass is 35.5. The fraction of sp³-hybridized carbons (Fsp3) is 0.526. The molecule has 2 saturated heterocycles. The first-order chi connectivity index (χ1) is 12.5. The molecule has 1 aromatic rings. The van der Waals surface area contributed by atoms with Crippen LogP contribution in [-0.4, -0.2) is 53.4 Å². The Bertz CT molecular complexity index is 726. The summed E-state index contributed by atoms with van der Waals surface area (Å²) in [5.74, 6) is -0.220. The molecule has 3 fully saturated rings. The topological polar surface area (TPSA) is 66.9 Å². The van der Waals surface area contributed by atoms with Gasteiger partial charge in [-0.2, -0.15) is 0 Å². The van der Waals surface area contributed by atoms with Crippen LogP contribution in [-0.2, 0) is 19.7 Å². The Morgan fingerprint density at radius 3 is 2.46 bits per heavy atom. The number of hydrogen-bond donors (Lipinski definition) is 0. The van der Waals surface area contributed by atoms with Crippen LogP contribution in [0.1, 0.15) is 37.7 Å². The molecule has 6 nitrogen and oxygen atoms in total. The number of likely N-dealkylation sites (tertiary alicyclic amines) is 1. The molecule has 1 saturated carbocycles. The van der Waals surface area contributed by atoms with Crippen LogP contribution in [0.5, 0.6) is 0 Å². The number of halogens is 1. The molecule has 7 heteroatoms. The lowest BCUT2D eigenvalue weighted by Crippen LogP contribution is -2.47. The molecule has 0 N–H and O–H groups in total. The van der Waals surface area contributed by atoms with Gasteiger partial charge in [-0.25, -0.2) is 9.69 Å². The molecule has 4 rings (SSSR count). The van der Waals surface area contributed by atoms with Gasteiger partial charge in [0, 0.05) is 18.1 Å². The van der Waals surface area contributed by atoms with E-state index in [1.54, 1.807) is 0 Å². The zero-order valence-electron chi connectivity index (χ0n) is 14.4. The van der Waals surface area contributed by atoms with E-state index in [-0.39, 0.29) is 24.5 Å². The third-order valence-electron chi connectivity index (χ3n) is 5.86. The smallest absolute Gasteiger partial charge is 0.417 e. The molecule has 1 aliphatic carbocycles. The predicted molar refractivity (Wildman–Crippen MR) is 94.8 cm³/mol. The summed E-state index contributed by atoms with van der Waals surface area (Å²) in [5.41, 5.74) is 0.485. The number of amides is 3. The van der Waals surface area contributed by atoms with E-state index in [4.69, 9.17) is 16.3 Å². The van der Waals surface area contributed by atoms with Gasteiger partial charge in [0.1, 0.15) is 0 Å². The van der Waals surface area contributed by atoms with Crippen molar-refractivity contribution in [3.05, 3.63) is 34.9 Å². The number of carbonyl (C=O) groups excluding carboxylic acids is 3. The van der Waals surface area contributed by atoms with Crippen LogP contribution in [0.2, 0.25) is 5.02 Å². The van der Waals surface area contributed by atoms with Crippen molar-refractivity contribution in [3.8, 4) is 0 Å². The lowest BCUT2D eigenvalue weighted by Gasteiger charge is -2.33. The summed E-state index contributed by atoms with van der Waals surface area (Å²) in [6.07, 6.45) is 3.68. The first-order valence-electron chi connectivity index (χ1n) is 9.05. The van der Waals surface area contributed by atoms with E-state index < -0.39 is 11.5 Å². The van der Waals surface area contributed by atoms with Crippen molar-refractivity contribution in [1.29, 1.82) is 0 Å². The highest BCUT2D eigenvalue weighted by Crippen LogP contribution is 2.43. The molecule has 0 aromatic heterocycles. The van der Waals surface area contributed by atoms with Gasteiger partial charge in [0.2, 0.25) is 5.91 Å². The fourth-order valence-corrected chi connectivity index (χ4v) is 4.66. The summed E-state index contributed by atoms with van der Waals surface area (Å²) in [4.78, 5) is 40.1. The third-order valence-corrected chi connectivity index (χ3v) is 6.12. The second-order valence-electron chi connectivity index (χ2n) is 7.31. The maximum absolute atomic E-state index is 13.5. The minimum Gasteiger partial charge on any atom is -0.439 e. The van der Waals surface area contributed by atoms with E-state index in [1.165, 1.54) is 4.90 Å². The van der Waals surface area contributed by atoms with Crippen molar-refractivity contribution in [1.82, 2.24) is 9.80 Å². The Hall–Kier alpha value is -2.08. The lowest BCUT2D eigenvalue weighted by atomic mass is 9.77. The molecule has 0 radical (unpaired) electrons.